The Labute approximate surface area is 159 Å². The van der Waals surface area contributed by atoms with Gasteiger partial charge in [0.2, 0.25) is 5.78 Å². The number of halogens is 1. The van der Waals surface area contributed by atoms with Gasteiger partial charge in [0, 0.05) is 18.1 Å². The van der Waals surface area contributed by atoms with Crippen LogP contribution in [0.25, 0.3) is 0 Å². The van der Waals surface area contributed by atoms with Gasteiger partial charge in [0.25, 0.3) is 5.91 Å². The van der Waals surface area contributed by atoms with E-state index in [2.05, 4.69) is 15.9 Å². The number of hydrogen-bond acceptors (Lipinski definition) is 5. The number of ether oxygens (including phenoxy) is 1. The monoisotopic (exact) mass is 419 g/mol. The van der Waals surface area contributed by atoms with Crippen LogP contribution in [0.1, 0.15) is 27.9 Å². The van der Waals surface area contributed by atoms with Gasteiger partial charge in [-0.3, -0.25) is 9.59 Å². The third-order valence-electron chi connectivity index (χ3n) is 4.21. The number of rotatable bonds is 6. The van der Waals surface area contributed by atoms with E-state index in [1.807, 2.05) is 24.3 Å². The van der Waals surface area contributed by atoms with E-state index in [1.165, 1.54) is 18.1 Å². The first-order valence-corrected chi connectivity index (χ1v) is 8.83. The highest BCUT2D eigenvalue weighted by Gasteiger charge is 2.44. The maximum absolute atomic E-state index is 13.0. The van der Waals surface area contributed by atoms with Crippen molar-refractivity contribution in [3.05, 3.63) is 69.3 Å². The van der Waals surface area contributed by atoms with E-state index in [1.54, 1.807) is 13.0 Å². The zero-order chi connectivity index (χ0) is 18.8. The molecule has 0 unspecified atom stereocenters. The molecule has 0 aliphatic carbocycles. The number of amides is 1. The summed E-state index contributed by atoms with van der Waals surface area (Å²) >= 11 is 3.41. The Morgan fingerprint density at radius 2 is 2.12 bits per heavy atom. The maximum Gasteiger partial charge on any atom is 0.290 e. The Morgan fingerprint density at radius 1 is 1.35 bits per heavy atom. The summed E-state index contributed by atoms with van der Waals surface area (Å²) in [4.78, 5) is 27.0. The van der Waals surface area contributed by atoms with E-state index >= 15 is 0 Å². The molecule has 0 radical (unpaired) electrons. The van der Waals surface area contributed by atoms with Gasteiger partial charge in [-0.25, -0.2) is 0 Å². The lowest BCUT2D eigenvalue weighted by Gasteiger charge is -2.26. The fraction of sp³-hybridized carbons (Fsp3) is 0.263. The lowest BCUT2D eigenvalue weighted by Crippen LogP contribution is -2.34. The number of aryl methyl sites for hydroxylation is 1. The maximum atomic E-state index is 13.0. The predicted molar refractivity (Wildman–Crippen MR) is 97.9 cm³/mol. The van der Waals surface area contributed by atoms with E-state index < -0.39 is 23.5 Å². The van der Waals surface area contributed by atoms with Crippen molar-refractivity contribution < 1.29 is 23.8 Å². The molecule has 26 heavy (non-hydrogen) atoms. The number of ketones is 1. The van der Waals surface area contributed by atoms with Crippen molar-refractivity contribution in [1.29, 1.82) is 0 Å². The Morgan fingerprint density at radius 3 is 2.73 bits per heavy atom. The average Bonchev–Trinajstić information content (AvgIpc) is 3.15. The molecule has 136 valence electrons. The van der Waals surface area contributed by atoms with E-state index in [0.29, 0.717) is 11.3 Å². The van der Waals surface area contributed by atoms with Crippen LogP contribution in [0.4, 0.5) is 0 Å². The Hall–Kier alpha value is -2.38. The smallest absolute Gasteiger partial charge is 0.290 e. The van der Waals surface area contributed by atoms with Gasteiger partial charge in [-0.1, -0.05) is 28.1 Å². The lowest BCUT2D eigenvalue weighted by molar-refractivity contribution is -0.130. The van der Waals surface area contributed by atoms with E-state index in [9.17, 15) is 14.7 Å². The predicted octanol–water partition coefficient (Wildman–Crippen LogP) is 3.58. The van der Waals surface area contributed by atoms with E-state index in [4.69, 9.17) is 9.15 Å². The lowest BCUT2D eigenvalue weighted by atomic mass is 9.95. The molecule has 1 N–H and O–H groups in total. The number of carbonyl (C=O) groups is 2. The Balaban J connectivity index is 2.08. The van der Waals surface area contributed by atoms with Crippen LogP contribution < -0.4 is 0 Å². The summed E-state index contributed by atoms with van der Waals surface area (Å²) in [6.45, 7) is 2.25. The molecule has 1 aromatic heterocycles. The number of nitrogens with zero attached hydrogens (tertiary/aromatic N) is 1. The third kappa shape index (κ3) is 3.32. The molecule has 0 fully saturated rings. The van der Waals surface area contributed by atoms with Crippen molar-refractivity contribution in [3.63, 3.8) is 0 Å². The molecule has 3 rings (SSSR count). The second kappa shape index (κ2) is 7.47. The van der Waals surface area contributed by atoms with E-state index in [-0.39, 0.29) is 24.5 Å². The molecule has 1 aliphatic rings. The van der Waals surface area contributed by atoms with Gasteiger partial charge in [0.1, 0.15) is 5.76 Å². The van der Waals surface area contributed by atoms with E-state index in [0.717, 1.165) is 4.47 Å². The zero-order valence-corrected chi connectivity index (χ0v) is 15.9. The summed E-state index contributed by atoms with van der Waals surface area (Å²) in [5, 5.41) is 10.4. The second-order valence-corrected chi connectivity index (χ2v) is 6.87. The Kier molecular flexibility index (Phi) is 5.29. The number of hydrogen-bond donors (Lipinski definition) is 1. The molecule has 0 spiro atoms. The number of Topliss-reactive ketones (excluding diaryl/α,β-unsaturated/α-hetero) is 1. The summed E-state index contributed by atoms with van der Waals surface area (Å²) in [5.41, 5.74) is 0.720. The van der Waals surface area contributed by atoms with Crippen LogP contribution in [0.5, 0.6) is 0 Å². The normalized spacial score (nSPS) is 17.3. The number of methoxy groups -OCH3 is 1. The number of benzene rings is 1. The van der Waals surface area contributed by atoms with Crippen LogP contribution in [0, 0.1) is 6.92 Å². The van der Waals surface area contributed by atoms with Gasteiger partial charge in [-0.05, 0) is 36.8 Å². The number of aliphatic hydroxyl groups excluding tert-OH is 1. The zero-order valence-electron chi connectivity index (χ0n) is 14.4. The minimum Gasteiger partial charge on any atom is -0.503 e. The first-order chi connectivity index (χ1) is 12.4. The molecule has 1 amide bonds. The minimum atomic E-state index is -0.715. The summed E-state index contributed by atoms with van der Waals surface area (Å²) < 4.78 is 11.3. The van der Waals surface area contributed by atoms with Crippen molar-refractivity contribution in [1.82, 2.24) is 4.90 Å². The van der Waals surface area contributed by atoms with Crippen LogP contribution >= 0.6 is 15.9 Å². The van der Waals surface area contributed by atoms with Gasteiger partial charge >= 0.3 is 0 Å². The third-order valence-corrected chi connectivity index (χ3v) is 4.71. The van der Waals surface area contributed by atoms with Crippen LogP contribution in [-0.4, -0.2) is 42.0 Å². The molecular weight excluding hydrogens is 402 g/mol. The molecule has 2 heterocycles. The summed E-state index contributed by atoms with van der Waals surface area (Å²) in [5.74, 6) is -0.990. The summed E-state index contributed by atoms with van der Waals surface area (Å²) in [7, 11) is 1.53. The standard InChI is InChI=1S/C19H18BrNO5/c1-11-6-7-14(26-11)17(22)15-16(12-4-3-5-13(20)10-12)21(8-9-25-2)19(24)18(15)23/h3-7,10,16,23H,8-9H2,1-2H3/t16-/m1/s1. The molecule has 0 saturated heterocycles. The first-order valence-electron chi connectivity index (χ1n) is 8.03. The fourth-order valence-corrected chi connectivity index (χ4v) is 3.44. The molecular formula is C19H18BrNO5. The topological polar surface area (TPSA) is 80.0 Å². The van der Waals surface area contributed by atoms with Crippen LogP contribution in [0.3, 0.4) is 0 Å². The average molecular weight is 420 g/mol. The number of furan rings is 1. The molecule has 2 aromatic rings. The molecule has 0 saturated carbocycles. The highest BCUT2D eigenvalue weighted by atomic mass is 79.9. The highest BCUT2D eigenvalue weighted by Crippen LogP contribution is 2.39. The molecule has 6 nitrogen and oxygen atoms in total. The molecule has 1 atom stereocenters. The quantitative estimate of drug-likeness (QED) is 0.723. The summed E-state index contributed by atoms with van der Waals surface area (Å²) in [6.07, 6.45) is 0. The highest BCUT2D eigenvalue weighted by molar-refractivity contribution is 9.10. The van der Waals surface area contributed by atoms with Crippen molar-refractivity contribution in [2.45, 2.75) is 13.0 Å². The van der Waals surface area contributed by atoms with Crippen molar-refractivity contribution in [2.24, 2.45) is 0 Å². The van der Waals surface area contributed by atoms with Crippen LogP contribution in [0.2, 0.25) is 0 Å². The van der Waals surface area contributed by atoms with Crippen LogP contribution in [-0.2, 0) is 9.53 Å². The van der Waals surface area contributed by atoms with Crippen molar-refractivity contribution in [3.8, 4) is 0 Å². The largest absolute Gasteiger partial charge is 0.503 e. The van der Waals surface area contributed by atoms with Gasteiger partial charge in [-0.2, -0.15) is 0 Å². The Bertz CT molecular complexity index is 886. The fourth-order valence-electron chi connectivity index (χ4n) is 3.02. The molecule has 7 heteroatoms. The van der Waals surface area contributed by atoms with Gasteiger partial charge in [0.15, 0.2) is 11.5 Å². The molecule has 1 aromatic carbocycles. The van der Waals surface area contributed by atoms with Crippen molar-refractivity contribution in [2.75, 3.05) is 20.3 Å². The SMILES string of the molecule is COCCN1C(=O)C(O)=C(C(=O)c2ccc(C)o2)[C@H]1c1cccc(Br)c1. The summed E-state index contributed by atoms with van der Waals surface area (Å²) in [6, 6.07) is 9.77. The second-order valence-electron chi connectivity index (χ2n) is 5.95. The number of carbonyl (C=O) groups excluding carboxylic acids is 2. The van der Waals surface area contributed by atoms with Gasteiger partial charge in [0.05, 0.1) is 18.2 Å². The first kappa shape index (κ1) is 18.4. The number of aliphatic hydroxyl groups is 1. The van der Waals surface area contributed by atoms with Crippen molar-refractivity contribution >= 4 is 27.6 Å². The molecule has 0 bridgehead atoms. The van der Waals surface area contributed by atoms with Gasteiger partial charge in [-0.15, -0.1) is 0 Å². The minimum absolute atomic E-state index is 0.0125. The van der Waals surface area contributed by atoms with Gasteiger partial charge < -0.3 is 19.2 Å². The molecule has 1 aliphatic heterocycles. The van der Waals surface area contributed by atoms with Crippen LogP contribution in [0.15, 0.2) is 56.6 Å².